The lowest BCUT2D eigenvalue weighted by Gasteiger charge is -2.50. The molecule has 2 N–H and O–H groups in total. The quantitative estimate of drug-likeness (QED) is 0.682. The molecule has 2 aliphatic rings. The Labute approximate surface area is 84.4 Å². The van der Waals surface area contributed by atoms with E-state index in [1.165, 1.54) is 25.9 Å². The summed E-state index contributed by atoms with van der Waals surface area (Å²) in [6.45, 7) is 2.34. The average molecular weight is 198 g/mol. The molecule has 14 heavy (non-hydrogen) atoms. The zero-order valence-electron chi connectivity index (χ0n) is 8.66. The Balaban J connectivity index is 1.78. The number of likely N-dealkylation sites (tertiary alicyclic amines) is 1. The molecule has 0 unspecified atom stereocenters. The Morgan fingerprint density at radius 2 is 2.00 bits per heavy atom. The molecule has 1 saturated carbocycles. The Morgan fingerprint density at radius 3 is 2.50 bits per heavy atom. The normalized spacial score (nSPS) is 27.2. The van der Waals surface area contributed by atoms with Crippen LogP contribution in [0.15, 0.2) is 0 Å². The molecule has 1 aliphatic heterocycles. The van der Waals surface area contributed by atoms with Crippen molar-refractivity contribution in [1.82, 2.24) is 4.90 Å². The number of hydrogen-bond acceptors (Lipinski definition) is 3. The van der Waals surface area contributed by atoms with E-state index in [1.54, 1.807) is 0 Å². The SMILES string of the molecule is CN1CCC2(CC1)CC(OC(N)=O)C2. The molecule has 1 saturated heterocycles. The number of piperidine rings is 1. The van der Waals surface area contributed by atoms with Crippen molar-refractivity contribution in [3.8, 4) is 0 Å². The zero-order valence-corrected chi connectivity index (χ0v) is 8.66. The predicted molar refractivity (Wildman–Crippen MR) is 52.9 cm³/mol. The lowest BCUT2D eigenvalue weighted by Crippen LogP contribution is -2.49. The summed E-state index contributed by atoms with van der Waals surface area (Å²) in [5.74, 6) is 0. The van der Waals surface area contributed by atoms with Crippen molar-refractivity contribution in [1.29, 1.82) is 0 Å². The smallest absolute Gasteiger partial charge is 0.404 e. The maximum Gasteiger partial charge on any atom is 0.404 e. The number of carbonyl (C=O) groups excluding carboxylic acids is 1. The van der Waals surface area contributed by atoms with Crippen molar-refractivity contribution in [2.24, 2.45) is 11.1 Å². The molecule has 4 nitrogen and oxygen atoms in total. The second kappa shape index (κ2) is 3.42. The molecule has 0 radical (unpaired) electrons. The number of carbonyl (C=O) groups is 1. The van der Waals surface area contributed by atoms with Gasteiger partial charge in [0.25, 0.3) is 0 Å². The largest absolute Gasteiger partial charge is 0.446 e. The number of hydrogen-bond donors (Lipinski definition) is 1. The van der Waals surface area contributed by atoms with Crippen LogP contribution in [0.4, 0.5) is 4.79 Å². The summed E-state index contributed by atoms with van der Waals surface area (Å²) in [4.78, 5) is 12.9. The van der Waals surface area contributed by atoms with E-state index in [0.29, 0.717) is 5.41 Å². The summed E-state index contributed by atoms with van der Waals surface area (Å²) < 4.78 is 4.97. The van der Waals surface area contributed by atoms with E-state index in [2.05, 4.69) is 11.9 Å². The van der Waals surface area contributed by atoms with Crippen LogP contribution in [0.1, 0.15) is 25.7 Å². The fourth-order valence-electron chi connectivity index (χ4n) is 2.65. The first-order valence-electron chi connectivity index (χ1n) is 5.24. The van der Waals surface area contributed by atoms with Crippen LogP contribution in [-0.4, -0.2) is 37.2 Å². The van der Waals surface area contributed by atoms with Crippen molar-refractivity contribution in [3.05, 3.63) is 0 Å². The molecule has 0 aromatic carbocycles. The van der Waals surface area contributed by atoms with Crippen molar-refractivity contribution >= 4 is 6.09 Å². The fourth-order valence-corrected chi connectivity index (χ4v) is 2.65. The lowest BCUT2D eigenvalue weighted by molar-refractivity contribution is -0.0686. The van der Waals surface area contributed by atoms with Crippen molar-refractivity contribution in [3.63, 3.8) is 0 Å². The zero-order chi connectivity index (χ0) is 10.2. The van der Waals surface area contributed by atoms with E-state index in [1.807, 2.05) is 0 Å². The highest BCUT2D eigenvalue weighted by Gasteiger charge is 2.46. The first-order chi connectivity index (χ1) is 6.60. The minimum atomic E-state index is -0.627. The van der Waals surface area contributed by atoms with Gasteiger partial charge in [0.1, 0.15) is 6.10 Å². The summed E-state index contributed by atoms with van der Waals surface area (Å²) >= 11 is 0. The second-order valence-corrected chi connectivity index (χ2v) is 4.77. The molecule has 1 aliphatic carbocycles. The van der Waals surface area contributed by atoms with Crippen LogP contribution in [0.5, 0.6) is 0 Å². The summed E-state index contributed by atoms with van der Waals surface area (Å²) in [6, 6.07) is 0. The van der Waals surface area contributed by atoms with E-state index in [-0.39, 0.29) is 6.10 Å². The van der Waals surface area contributed by atoms with Gasteiger partial charge in [-0.1, -0.05) is 0 Å². The van der Waals surface area contributed by atoms with E-state index >= 15 is 0 Å². The van der Waals surface area contributed by atoms with Gasteiger partial charge in [0.15, 0.2) is 0 Å². The molecule has 0 atom stereocenters. The van der Waals surface area contributed by atoms with Gasteiger partial charge in [-0.2, -0.15) is 0 Å². The van der Waals surface area contributed by atoms with Crippen LogP contribution in [0, 0.1) is 5.41 Å². The van der Waals surface area contributed by atoms with Crippen LogP contribution in [-0.2, 0) is 4.74 Å². The molecule has 4 heteroatoms. The average Bonchev–Trinajstić information content (AvgIpc) is 2.05. The minimum Gasteiger partial charge on any atom is -0.446 e. The second-order valence-electron chi connectivity index (χ2n) is 4.77. The van der Waals surface area contributed by atoms with Crippen LogP contribution in [0.3, 0.4) is 0 Å². The third kappa shape index (κ3) is 1.85. The fraction of sp³-hybridized carbons (Fsp3) is 0.900. The molecular formula is C10H18N2O2. The molecule has 2 rings (SSSR count). The molecule has 0 aromatic heterocycles. The molecule has 2 fully saturated rings. The third-order valence-electron chi connectivity index (χ3n) is 3.65. The molecule has 80 valence electrons. The van der Waals surface area contributed by atoms with Crippen molar-refractivity contribution in [2.75, 3.05) is 20.1 Å². The number of rotatable bonds is 1. The van der Waals surface area contributed by atoms with Crippen LogP contribution >= 0.6 is 0 Å². The molecular weight excluding hydrogens is 180 g/mol. The van der Waals surface area contributed by atoms with E-state index < -0.39 is 6.09 Å². The first-order valence-corrected chi connectivity index (χ1v) is 5.24. The van der Waals surface area contributed by atoms with Gasteiger partial charge in [0.2, 0.25) is 0 Å². The van der Waals surface area contributed by atoms with Crippen LogP contribution in [0.2, 0.25) is 0 Å². The third-order valence-corrected chi connectivity index (χ3v) is 3.65. The molecule has 1 heterocycles. The molecule has 1 amide bonds. The maximum absolute atomic E-state index is 10.5. The van der Waals surface area contributed by atoms with E-state index in [4.69, 9.17) is 10.5 Å². The highest BCUT2D eigenvalue weighted by atomic mass is 16.6. The standard InChI is InChI=1S/C10H18N2O2/c1-12-4-2-10(3-5-12)6-8(7-10)14-9(11)13/h8H,2-7H2,1H3,(H2,11,13). The van der Waals surface area contributed by atoms with Crippen LogP contribution < -0.4 is 5.73 Å². The Morgan fingerprint density at radius 1 is 1.43 bits per heavy atom. The van der Waals surface area contributed by atoms with Gasteiger partial charge < -0.3 is 15.4 Å². The van der Waals surface area contributed by atoms with Gasteiger partial charge in [-0.15, -0.1) is 0 Å². The highest BCUT2D eigenvalue weighted by molar-refractivity contribution is 5.64. The van der Waals surface area contributed by atoms with Gasteiger partial charge >= 0.3 is 6.09 Å². The highest BCUT2D eigenvalue weighted by Crippen LogP contribution is 2.50. The summed E-state index contributed by atoms with van der Waals surface area (Å²) in [7, 11) is 2.16. The number of amides is 1. The van der Waals surface area contributed by atoms with Gasteiger partial charge in [-0.25, -0.2) is 4.79 Å². The Bertz CT molecular complexity index is 226. The minimum absolute atomic E-state index is 0.0934. The number of ether oxygens (including phenoxy) is 1. The van der Waals surface area contributed by atoms with Crippen LogP contribution in [0.25, 0.3) is 0 Å². The monoisotopic (exact) mass is 198 g/mol. The Kier molecular flexibility index (Phi) is 2.39. The summed E-state index contributed by atoms with van der Waals surface area (Å²) in [5, 5.41) is 0. The molecule has 0 bridgehead atoms. The number of primary amides is 1. The van der Waals surface area contributed by atoms with Gasteiger partial charge in [0, 0.05) is 0 Å². The summed E-state index contributed by atoms with van der Waals surface area (Å²) in [6.07, 6.45) is 3.98. The number of nitrogens with two attached hydrogens (primary N) is 1. The number of nitrogens with zero attached hydrogens (tertiary/aromatic N) is 1. The van der Waals surface area contributed by atoms with E-state index in [9.17, 15) is 4.79 Å². The topological polar surface area (TPSA) is 55.6 Å². The van der Waals surface area contributed by atoms with Gasteiger partial charge in [-0.05, 0) is 51.2 Å². The maximum atomic E-state index is 10.5. The van der Waals surface area contributed by atoms with Crippen molar-refractivity contribution in [2.45, 2.75) is 31.8 Å². The first kappa shape index (κ1) is 9.77. The van der Waals surface area contributed by atoms with Crippen molar-refractivity contribution < 1.29 is 9.53 Å². The van der Waals surface area contributed by atoms with Gasteiger partial charge in [0.05, 0.1) is 0 Å². The molecule has 1 spiro atoms. The Hall–Kier alpha value is -0.770. The van der Waals surface area contributed by atoms with E-state index in [0.717, 1.165) is 12.8 Å². The van der Waals surface area contributed by atoms with Gasteiger partial charge in [-0.3, -0.25) is 0 Å². The predicted octanol–water partition coefficient (Wildman–Crippen LogP) is 0.956. The molecule has 0 aromatic rings. The summed E-state index contributed by atoms with van der Waals surface area (Å²) in [5.41, 5.74) is 5.44. The lowest BCUT2D eigenvalue weighted by atomic mass is 9.61.